The molecule has 1 N–H and O–H groups in total. The van der Waals surface area contributed by atoms with Crippen LogP contribution in [0.25, 0.3) is 11.0 Å². The van der Waals surface area contributed by atoms with E-state index < -0.39 is 0 Å². The van der Waals surface area contributed by atoms with Crippen molar-refractivity contribution in [2.45, 2.75) is 32.1 Å². The highest BCUT2D eigenvalue weighted by Crippen LogP contribution is 2.19. The summed E-state index contributed by atoms with van der Waals surface area (Å²) in [4.78, 5) is 30.3. The first-order valence-corrected chi connectivity index (χ1v) is 11.1. The van der Waals surface area contributed by atoms with E-state index in [2.05, 4.69) is 15.4 Å². The molecule has 0 saturated carbocycles. The van der Waals surface area contributed by atoms with Gasteiger partial charge in [-0.2, -0.15) is 5.10 Å². The maximum Gasteiger partial charge on any atom is 0.282 e. The largest absolute Gasteiger partial charge is 0.325 e. The third kappa shape index (κ3) is 4.88. The predicted molar refractivity (Wildman–Crippen MR) is 123 cm³/mol. The molecule has 2 aromatic heterocycles. The Morgan fingerprint density at radius 1 is 1.12 bits per heavy atom. The molecule has 1 amide bonds. The molecule has 0 fully saturated rings. The maximum atomic E-state index is 13.2. The fourth-order valence-electron chi connectivity index (χ4n) is 3.17. The normalized spacial score (nSPS) is 11.1. The van der Waals surface area contributed by atoms with Crippen molar-refractivity contribution in [2.24, 2.45) is 0 Å². The summed E-state index contributed by atoms with van der Waals surface area (Å²) in [5.74, 6) is -0.602. The number of carbonyl (C=O) groups is 1. The summed E-state index contributed by atoms with van der Waals surface area (Å²) < 4.78 is 16.3. The van der Waals surface area contributed by atoms with Crippen LogP contribution in [0.2, 0.25) is 0 Å². The van der Waals surface area contributed by atoms with Gasteiger partial charge in [-0.05, 0) is 43.7 Å². The Balaban J connectivity index is 1.61. The molecule has 7 nitrogen and oxygen atoms in total. The summed E-state index contributed by atoms with van der Waals surface area (Å²) in [6.07, 6.45) is 1.73. The molecule has 0 bridgehead atoms. The van der Waals surface area contributed by atoms with E-state index in [1.165, 1.54) is 36.0 Å². The summed E-state index contributed by atoms with van der Waals surface area (Å²) in [6.45, 7) is 4.88. The van der Waals surface area contributed by atoms with Gasteiger partial charge in [0.1, 0.15) is 11.3 Å². The lowest BCUT2D eigenvalue weighted by Crippen LogP contribution is -2.25. The fourth-order valence-corrected chi connectivity index (χ4v) is 3.97. The van der Waals surface area contributed by atoms with E-state index in [1.54, 1.807) is 15.4 Å². The molecule has 0 radical (unpaired) electrons. The third-order valence-corrected chi connectivity index (χ3v) is 5.86. The van der Waals surface area contributed by atoms with E-state index in [4.69, 9.17) is 0 Å². The van der Waals surface area contributed by atoms with Crippen molar-refractivity contribution in [3.63, 3.8) is 0 Å². The zero-order valence-electron chi connectivity index (χ0n) is 17.7. The maximum absolute atomic E-state index is 13.2. The highest BCUT2D eigenvalue weighted by molar-refractivity contribution is 7.99. The van der Waals surface area contributed by atoms with Gasteiger partial charge in [0.2, 0.25) is 5.91 Å². The molecule has 9 heteroatoms. The second kappa shape index (κ2) is 9.35. The number of aryl methyl sites for hydroxylation is 2. The average molecular weight is 452 g/mol. The first-order valence-electron chi connectivity index (χ1n) is 10.1. The summed E-state index contributed by atoms with van der Waals surface area (Å²) >= 11 is 1.17. The minimum absolute atomic E-state index is 0.0468. The summed E-state index contributed by atoms with van der Waals surface area (Å²) in [7, 11) is 0. The molecule has 4 aromatic rings. The molecule has 2 aromatic carbocycles. The molecule has 0 saturated heterocycles. The second-order valence-electron chi connectivity index (χ2n) is 7.33. The summed E-state index contributed by atoms with van der Waals surface area (Å²) in [5.41, 5.74) is 3.14. The summed E-state index contributed by atoms with van der Waals surface area (Å²) in [5, 5.41) is 7.51. The molecule has 2 heterocycles. The van der Waals surface area contributed by atoms with Crippen LogP contribution < -0.4 is 10.9 Å². The van der Waals surface area contributed by atoms with Crippen molar-refractivity contribution >= 4 is 34.4 Å². The van der Waals surface area contributed by atoms with Crippen LogP contribution in [0.5, 0.6) is 0 Å². The molecule has 32 heavy (non-hydrogen) atoms. The van der Waals surface area contributed by atoms with Gasteiger partial charge in [-0.1, -0.05) is 41.6 Å². The van der Waals surface area contributed by atoms with Crippen LogP contribution in [0.1, 0.15) is 18.1 Å². The number of nitrogens with one attached hydrogen (secondary N) is 1. The minimum atomic E-state index is -0.373. The van der Waals surface area contributed by atoms with Crippen LogP contribution >= 0.6 is 11.8 Å². The van der Waals surface area contributed by atoms with Crippen LogP contribution in [0.4, 0.5) is 10.1 Å². The number of anilines is 1. The van der Waals surface area contributed by atoms with Crippen molar-refractivity contribution in [2.75, 3.05) is 11.1 Å². The van der Waals surface area contributed by atoms with E-state index in [1.807, 2.05) is 38.1 Å². The minimum Gasteiger partial charge on any atom is -0.325 e. The monoisotopic (exact) mass is 451 g/mol. The van der Waals surface area contributed by atoms with Crippen molar-refractivity contribution in [3.8, 4) is 0 Å². The lowest BCUT2D eigenvalue weighted by Gasteiger charge is -2.12. The molecular weight excluding hydrogens is 429 g/mol. The van der Waals surface area contributed by atoms with Crippen LogP contribution in [0.15, 0.2) is 64.7 Å². The van der Waals surface area contributed by atoms with Crippen molar-refractivity contribution in [1.82, 2.24) is 19.3 Å². The molecule has 0 unspecified atom stereocenters. The second-order valence-corrected chi connectivity index (χ2v) is 8.28. The van der Waals surface area contributed by atoms with Gasteiger partial charge >= 0.3 is 0 Å². The number of carbonyl (C=O) groups excluding carboxylic acids is 1. The van der Waals surface area contributed by atoms with Gasteiger partial charge in [-0.25, -0.2) is 9.37 Å². The number of benzene rings is 2. The number of rotatable bonds is 7. The highest BCUT2D eigenvalue weighted by Gasteiger charge is 2.16. The molecule has 164 valence electrons. The Morgan fingerprint density at radius 3 is 2.53 bits per heavy atom. The molecule has 4 rings (SSSR count). The third-order valence-electron chi connectivity index (χ3n) is 4.88. The Labute approximate surface area is 188 Å². The van der Waals surface area contributed by atoms with Gasteiger partial charge in [-0.15, -0.1) is 0 Å². The quantitative estimate of drug-likeness (QED) is 0.341. The molecule has 0 atom stereocenters. The van der Waals surface area contributed by atoms with Crippen LogP contribution in [-0.2, 0) is 17.9 Å². The Bertz CT molecular complexity index is 1310. The number of amides is 1. The van der Waals surface area contributed by atoms with E-state index in [9.17, 15) is 14.0 Å². The Kier molecular flexibility index (Phi) is 6.36. The molecule has 0 spiro atoms. The number of nitrogens with zero attached hydrogens (tertiary/aromatic N) is 4. The SMILES string of the molecule is CCn1cc2nc(SCC(=O)Nc3ccc(F)cc3)n(Cc3ccc(C)cc3)c(=O)c2n1. The van der Waals surface area contributed by atoms with Gasteiger partial charge in [-0.3, -0.25) is 18.8 Å². The topological polar surface area (TPSA) is 81.8 Å². The Hall–Kier alpha value is -3.46. The smallest absolute Gasteiger partial charge is 0.282 e. The molecule has 0 aliphatic carbocycles. The van der Waals surface area contributed by atoms with Gasteiger partial charge in [0.15, 0.2) is 10.7 Å². The molecule has 0 aliphatic heterocycles. The average Bonchev–Trinajstić information content (AvgIpc) is 3.21. The van der Waals surface area contributed by atoms with E-state index >= 15 is 0 Å². The van der Waals surface area contributed by atoms with E-state index in [0.29, 0.717) is 35.0 Å². The predicted octanol–water partition coefficient (Wildman–Crippen LogP) is 3.84. The first kappa shape index (κ1) is 21.8. The molecule has 0 aliphatic rings. The Morgan fingerprint density at radius 2 is 1.84 bits per heavy atom. The number of aromatic nitrogens is 4. The first-order chi connectivity index (χ1) is 15.4. The number of thioether (sulfide) groups is 1. The van der Waals surface area contributed by atoms with E-state index in [-0.39, 0.29) is 23.0 Å². The van der Waals surface area contributed by atoms with Crippen molar-refractivity contribution < 1.29 is 9.18 Å². The molecular formula is C23H22FN5O2S. The van der Waals surface area contributed by atoms with E-state index in [0.717, 1.165) is 11.1 Å². The van der Waals surface area contributed by atoms with Gasteiger partial charge < -0.3 is 5.32 Å². The van der Waals surface area contributed by atoms with Crippen LogP contribution in [-0.4, -0.2) is 31.0 Å². The number of fused-ring (bicyclic) bond motifs is 1. The number of halogens is 1. The number of hydrogen-bond acceptors (Lipinski definition) is 5. The van der Waals surface area contributed by atoms with Gasteiger partial charge in [0, 0.05) is 12.2 Å². The zero-order chi connectivity index (χ0) is 22.7. The van der Waals surface area contributed by atoms with Crippen LogP contribution in [0, 0.1) is 12.7 Å². The summed E-state index contributed by atoms with van der Waals surface area (Å²) in [6, 6.07) is 13.5. The highest BCUT2D eigenvalue weighted by atomic mass is 32.2. The lowest BCUT2D eigenvalue weighted by atomic mass is 10.1. The van der Waals surface area contributed by atoms with Gasteiger partial charge in [0.25, 0.3) is 5.56 Å². The van der Waals surface area contributed by atoms with Crippen LogP contribution in [0.3, 0.4) is 0 Å². The fraction of sp³-hybridized carbons (Fsp3) is 0.217. The lowest BCUT2D eigenvalue weighted by molar-refractivity contribution is -0.113. The zero-order valence-corrected chi connectivity index (χ0v) is 18.5. The standard InChI is InChI=1S/C23H22FN5O2S/c1-3-28-13-19-21(27-28)22(31)29(12-16-6-4-15(2)5-7-16)23(26-19)32-14-20(30)25-18-10-8-17(24)9-11-18/h4-11,13H,3,12,14H2,1-2H3,(H,25,30). The van der Waals surface area contributed by atoms with Crippen molar-refractivity contribution in [3.05, 3.63) is 82.0 Å². The number of hydrogen-bond donors (Lipinski definition) is 1. The van der Waals surface area contributed by atoms with Crippen molar-refractivity contribution in [1.29, 1.82) is 0 Å². The van der Waals surface area contributed by atoms with Gasteiger partial charge in [0.05, 0.1) is 18.5 Å².